The van der Waals surface area contributed by atoms with Crippen LogP contribution in [0.4, 0.5) is 0 Å². The molecule has 2 aliphatic rings. The summed E-state index contributed by atoms with van der Waals surface area (Å²) in [7, 11) is 0. The van der Waals surface area contributed by atoms with Crippen LogP contribution in [0.2, 0.25) is 0 Å². The third kappa shape index (κ3) is 3.18. The Balaban J connectivity index is 0.00000162. The van der Waals surface area contributed by atoms with Crippen LogP contribution < -0.4 is 11.1 Å². The normalized spacial score (nSPS) is 24.4. The molecule has 2 aliphatic carbocycles. The molecule has 0 saturated heterocycles. The van der Waals surface area contributed by atoms with Crippen LogP contribution >= 0.6 is 12.4 Å². The fourth-order valence-electron chi connectivity index (χ4n) is 2.95. The molecule has 0 heterocycles. The van der Waals surface area contributed by atoms with Crippen LogP contribution in [-0.2, 0) is 4.79 Å². The minimum absolute atomic E-state index is 0. The summed E-state index contributed by atoms with van der Waals surface area (Å²) >= 11 is 0. The third-order valence-corrected chi connectivity index (χ3v) is 4.97. The first kappa shape index (κ1) is 15.8. The van der Waals surface area contributed by atoms with Gasteiger partial charge in [0.2, 0.25) is 5.91 Å². The van der Waals surface area contributed by atoms with E-state index in [1.807, 2.05) is 6.92 Å². The average Bonchev–Trinajstić information content (AvgIpc) is 3.09. The highest BCUT2D eigenvalue weighted by molar-refractivity contribution is 5.85. The molecule has 2 unspecified atom stereocenters. The second-order valence-corrected chi connectivity index (χ2v) is 6.12. The summed E-state index contributed by atoms with van der Waals surface area (Å²) in [5, 5.41) is 3.10. The summed E-state index contributed by atoms with van der Waals surface area (Å²) in [6.45, 7) is 4.99. The first-order valence-electron chi connectivity index (χ1n) is 7.12. The fraction of sp³-hybridized carbons (Fsp3) is 0.929. The van der Waals surface area contributed by atoms with Crippen LogP contribution in [0.1, 0.15) is 52.4 Å². The minimum Gasteiger partial charge on any atom is -0.354 e. The lowest BCUT2D eigenvalue weighted by molar-refractivity contribution is -0.124. The second kappa shape index (κ2) is 6.25. The minimum atomic E-state index is -0.337. The van der Waals surface area contributed by atoms with Crippen LogP contribution in [0.25, 0.3) is 0 Å². The number of halogens is 1. The maximum absolute atomic E-state index is 11.9. The smallest absolute Gasteiger partial charge is 0.237 e. The van der Waals surface area contributed by atoms with E-state index in [1.165, 1.54) is 32.1 Å². The van der Waals surface area contributed by atoms with Gasteiger partial charge in [-0.3, -0.25) is 4.79 Å². The topological polar surface area (TPSA) is 55.1 Å². The molecule has 4 heteroatoms. The van der Waals surface area contributed by atoms with Crippen molar-refractivity contribution in [3.63, 3.8) is 0 Å². The van der Waals surface area contributed by atoms with Gasteiger partial charge in [-0.25, -0.2) is 0 Å². The highest BCUT2D eigenvalue weighted by Crippen LogP contribution is 2.56. The largest absolute Gasteiger partial charge is 0.354 e. The summed E-state index contributed by atoms with van der Waals surface area (Å²) in [4.78, 5) is 11.9. The van der Waals surface area contributed by atoms with E-state index in [2.05, 4.69) is 12.2 Å². The van der Waals surface area contributed by atoms with E-state index >= 15 is 0 Å². The molecular formula is C14H27ClN2O. The Kier molecular flexibility index (Phi) is 5.47. The van der Waals surface area contributed by atoms with Crippen molar-refractivity contribution >= 4 is 18.3 Å². The maximum atomic E-state index is 11.9. The van der Waals surface area contributed by atoms with E-state index in [9.17, 15) is 4.79 Å². The van der Waals surface area contributed by atoms with E-state index in [0.717, 1.165) is 18.9 Å². The molecule has 0 radical (unpaired) electrons. The lowest BCUT2D eigenvalue weighted by Crippen LogP contribution is -2.50. The SMILES string of the molecule is CCC(C)C(N)C(=O)NCC1(C2CC2)CCC1.Cl. The molecule has 2 fully saturated rings. The van der Waals surface area contributed by atoms with Crippen molar-refractivity contribution in [1.29, 1.82) is 0 Å². The van der Waals surface area contributed by atoms with Gasteiger partial charge in [-0.1, -0.05) is 26.7 Å². The maximum Gasteiger partial charge on any atom is 0.237 e. The Morgan fingerprint density at radius 3 is 2.44 bits per heavy atom. The van der Waals surface area contributed by atoms with Gasteiger partial charge in [0.05, 0.1) is 6.04 Å². The molecule has 2 saturated carbocycles. The van der Waals surface area contributed by atoms with E-state index in [0.29, 0.717) is 5.41 Å². The van der Waals surface area contributed by atoms with Crippen LogP contribution in [0.5, 0.6) is 0 Å². The zero-order valence-corrected chi connectivity index (χ0v) is 12.4. The van der Waals surface area contributed by atoms with Gasteiger partial charge < -0.3 is 11.1 Å². The number of carbonyl (C=O) groups is 1. The highest BCUT2D eigenvalue weighted by Gasteiger charge is 2.49. The van der Waals surface area contributed by atoms with E-state index in [4.69, 9.17) is 5.73 Å². The lowest BCUT2D eigenvalue weighted by Gasteiger charge is -2.43. The third-order valence-electron chi connectivity index (χ3n) is 4.97. The van der Waals surface area contributed by atoms with Crippen LogP contribution in [0.3, 0.4) is 0 Å². The first-order valence-corrected chi connectivity index (χ1v) is 7.12. The van der Waals surface area contributed by atoms with Gasteiger partial charge in [-0.15, -0.1) is 12.4 Å². The van der Waals surface area contributed by atoms with Crippen molar-refractivity contribution < 1.29 is 4.79 Å². The molecule has 0 aliphatic heterocycles. The van der Waals surface area contributed by atoms with Gasteiger partial charge >= 0.3 is 0 Å². The molecule has 0 aromatic carbocycles. The molecule has 2 rings (SSSR count). The molecule has 106 valence electrons. The molecule has 2 atom stereocenters. The first-order chi connectivity index (χ1) is 8.09. The standard InChI is InChI=1S/C14H26N2O.ClH/c1-3-10(2)12(15)13(17)16-9-14(7-4-8-14)11-5-6-11;/h10-12H,3-9,15H2,1-2H3,(H,16,17);1H. The molecule has 18 heavy (non-hydrogen) atoms. The predicted molar refractivity (Wildman–Crippen MR) is 76.7 cm³/mol. The van der Waals surface area contributed by atoms with Gasteiger partial charge in [0.15, 0.2) is 0 Å². The Morgan fingerprint density at radius 2 is 2.06 bits per heavy atom. The fourth-order valence-corrected chi connectivity index (χ4v) is 2.95. The molecule has 0 bridgehead atoms. The van der Waals surface area contributed by atoms with Gasteiger partial charge in [0, 0.05) is 6.54 Å². The summed E-state index contributed by atoms with van der Waals surface area (Å²) in [5.74, 6) is 1.20. The van der Waals surface area contributed by atoms with Crippen LogP contribution in [0, 0.1) is 17.3 Å². The Labute approximate surface area is 117 Å². The van der Waals surface area contributed by atoms with Gasteiger partial charge in [0.1, 0.15) is 0 Å². The molecule has 3 N–H and O–H groups in total. The number of carbonyl (C=O) groups excluding carboxylic acids is 1. The Bertz CT molecular complexity index is 288. The number of rotatable bonds is 6. The van der Waals surface area contributed by atoms with Gasteiger partial charge in [0.25, 0.3) is 0 Å². The lowest BCUT2D eigenvalue weighted by atomic mass is 9.65. The van der Waals surface area contributed by atoms with Crippen molar-refractivity contribution in [1.82, 2.24) is 5.32 Å². The highest BCUT2D eigenvalue weighted by atomic mass is 35.5. The number of amides is 1. The van der Waals surface area contributed by atoms with Crippen molar-refractivity contribution in [3.05, 3.63) is 0 Å². The number of nitrogens with one attached hydrogen (secondary N) is 1. The van der Waals surface area contributed by atoms with Gasteiger partial charge in [-0.05, 0) is 42.9 Å². The molecule has 3 nitrogen and oxygen atoms in total. The van der Waals surface area contributed by atoms with E-state index in [-0.39, 0.29) is 30.3 Å². The van der Waals surface area contributed by atoms with Gasteiger partial charge in [-0.2, -0.15) is 0 Å². The molecule has 1 amide bonds. The Hall–Kier alpha value is -0.280. The summed E-state index contributed by atoms with van der Waals surface area (Å²) in [5.41, 5.74) is 6.39. The van der Waals surface area contributed by atoms with Crippen LogP contribution in [-0.4, -0.2) is 18.5 Å². The van der Waals surface area contributed by atoms with E-state index in [1.54, 1.807) is 0 Å². The number of hydrogen-bond donors (Lipinski definition) is 2. The second-order valence-electron chi connectivity index (χ2n) is 6.12. The van der Waals surface area contributed by atoms with Crippen molar-refractivity contribution in [2.45, 2.75) is 58.4 Å². The summed E-state index contributed by atoms with van der Waals surface area (Å²) in [6, 6.07) is -0.337. The van der Waals surface area contributed by atoms with E-state index < -0.39 is 0 Å². The molecule has 0 aromatic rings. The predicted octanol–water partition coefficient (Wildman–Crippen LogP) is 2.48. The summed E-state index contributed by atoms with van der Waals surface area (Å²) < 4.78 is 0. The van der Waals surface area contributed by atoms with Crippen molar-refractivity contribution in [2.24, 2.45) is 23.0 Å². The Morgan fingerprint density at radius 1 is 1.44 bits per heavy atom. The average molecular weight is 275 g/mol. The summed E-state index contributed by atoms with van der Waals surface area (Å²) in [6.07, 6.45) is 7.64. The zero-order chi connectivity index (χ0) is 12.5. The quantitative estimate of drug-likeness (QED) is 0.782. The monoisotopic (exact) mass is 274 g/mol. The zero-order valence-electron chi connectivity index (χ0n) is 11.6. The molecular weight excluding hydrogens is 248 g/mol. The van der Waals surface area contributed by atoms with Crippen LogP contribution in [0.15, 0.2) is 0 Å². The molecule has 0 aromatic heterocycles. The molecule has 0 spiro atoms. The van der Waals surface area contributed by atoms with Crippen molar-refractivity contribution in [3.8, 4) is 0 Å². The number of nitrogens with two attached hydrogens (primary N) is 1. The van der Waals surface area contributed by atoms with Crippen molar-refractivity contribution in [2.75, 3.05) is 6.54 Å². The number of hydrogen-bond acceptors (Lipinski definition) is 2.